The fourth-order valence-corrected chi connectivity index (χ4v) is 3.77. The van der Waals surface area contributed by atoms with Gasteiger partial charge in [-0.05, 0) is 47.8 Å². The van der Waals surface area contributed by atoms with Crippen LogP contribution in [0, 0.1) is 0 Å². The van der Waals surface area contributed by atoms with Crippen molar-refractivity contribution in [3.63, 3.8) is 0 Å². The van der Waals surface area contributed by atoms with Crippen LogP contribution in [0.4, 0.5) is 0 Å². The van der Waals surface area contributed by atoms with E-state index in [4.69, 9.17) is 9.47 Å². The molecule has 20 heavy (non-hydrogen) atoms. The van der Waals surface area contributed by atoms with Gasteiger partial charge < -0.3 is 9.47 Å². The maximum absolute atomic E-state index is 5.85. The van der Waals surface area contributed by atoms with Gasteiger partial charge in [-0.3, -0.25) is 0 Å². The van der Waals surface area contributed by atoms with Crippen molar-refractivity contribution >= 4 is 21.8 Å². The van der Waals surface area contributed by atoms with Crippen molar-refractivity contribution in [2.24, 2.45) is 0 Å². The minimum Gasteiger partial charge on any atom is -0.493 e. The molecule has 114 valence electrons. The Hall–Kier alpha value is -0.480. The third-order valence-electron chi connectivity index (χ3n) is 2.73. The third-order valence-corrected chi connectivity index (χ3v) is 4.51. The predicted molar refractivity (Wildman–Crippen MR) is 94.6 cm³/mol. The summed E-state index contributed by atoms with van der Waals surface area (Å²) < 4.78 is 11.7. The molecule has 0 heterocycles. The first-order valence-corrected chi connectivity index (χ1v) is 11.4. The van der Waals surface area contributed by atoms with Crippen molar-refractivity contribution < 1.29 is 9.47 Å². The van der Waals surface area contributed by atoms with Gasteiger partial charge in [-0.1, -0.05) is 0 Å². The molecule has 0 unspecified atom stereocenters. The lowest BCUT2D eigenvalue weighted by atomic mass is 10.1. The van der Waals surface area contributed by atoms with Crippen LogP contribution in [0.3, 0.4) is 0 Å². The molecule has 0 bridgehead atoms. The van der Waals surface area contributed by atoms with Gasteiger partial charge in [0, 0.05) is 11.1 Å². The first kappa shape index (κ1) is 17.6. The third kappa shape index (κ3) is 5.49. The van der Waals surface area contributed by atoms with Crippen LogP contribution in [-0.4, -0.2) is 38.2 Å². The lowest BCUT2D eigenvalue weighted by Gasteiger charge is -2.15. The minimum atomic E-state index is 0.356. The molecule has 1 rings (SSSR count). The second-order valence-corrected chi connectivity index (χ2v) is 9.71. The number of benzene rings is 1. The van der Waals surface area contributed by atoms with Crippen LogP contribution >= 0.6 is 0 Å². The van der Waals surface area contributed by atoms with Crippen molar-refractivity contribution in [1.82, 2.24) is 0 Å². The highest BCUT2D eigenvalue weighted by molar-refractivity contribution is 7.95. The summed E-state index contributed by atoms with van der Waals surface area (Å²) in [7, 11) is 0.712. The van der Waals surface area contributed by atoms with Gasteiger partial charge in [-0.2, -0.15) is 0 Å². The zero-order valence-electron chi connectivity index (χ0n) is 13.6. The van der Waals surface area contributed by atoms with Gasteiger partial charge in [-0.25, -0.2) is 0 Å². The summed E-state index contributed by atoms with van der Waals surface area (Å²) in [6.45, 7) is 5.51. The fraction of sp³-hybridized carbons (Fsp3) is 0.625. The number of ether oxygens (including phenoxy) is 2. The summed E-state index contributed by atoms with van der Waals surface area (Å²) in [5.74, 6) is 4.19. The fourth-order valence-electron chi connectivity index (χ4n) is 2.07. The van der Waals surface area contributed by atoms with E-state index in [9.17, 15) is 0 Å². The molecule has 0 amide bonds. The normalized spacial score (nSPS) is 11.2. The van der Waals surface area contributed by atoms with Gasteiger partial charge in [0.05, 0.1) is 38.2 Å². The van der Waals surface area contributed by atoms with Gasteiger partial charge in [0.1, 0.15) is 23.0 Å². The first-order valence-electron chi connectivity index (χ1n) is 6.97. The van der Waals surface area contributed by atoms with E-state index < -0.39 is 0 Å². The summed E-state index contributed by atoms with van der Waals surface area (Å²) >= 11 is 0. The molecular weight excluding hydrogens is 288 g/mol. The molecular formula is C16H28O2S2+2. The molecule has 0 spiro atoms. The topological polar surface area (TPSA) is 18.5 Å². The molecule has 0 atom stereocenters. The molecule has 0 aliphatic heterocycles. The van der Waals surface area contributed by atoms with Gasteiger partial charge in [0.15, 0.2) is 0 Å². The van der Waals surface area contributed by atoms with Crippen molar-refractivity contribution in [3.05, 3.63) is 23.3 Å². The van der Waals surface area contributed by atoms with Crippen molar-refractivity contribution in [3.8, 4) is 11.5 Å². The van der Waals surface area contributed by atoms with Crippen LogP contribution in [0.1, 0.15) is 25.0 Å². The molecule has 0 aliphatic carbocycles. The van der Waals surface area contributed by atoms with Crippen LogP contribution in [0.5, 0.6) is 11.5 Å². The summed E-state index contributed by atoms with van der Waals surface area (Å²) in [4.78, 5) is 0. The Labute approximate surface area is 129 Å². The van der Waals surface area contributed by atoms with Crippen molar-refractivity contribution in [2.45, 2.75) is 25.4 Å². The Morgan fingerprint density at radius 1 is 0.750 bits per heavy atom. The predicted octanol–water partition coefficient (Wildman–Crippen LogP) is 3.24. The van der Waals surface area contributed by atoms with E-state index in [0.717, 1.165) is 23.0 Å². The van der Waals surface area contributed by atoms with Crippen LogP contribution in [-0.2, 0) is 33.3 Å². The van der Waals surface area contributed by atoms with E-state index in [1.54, 1.807) is 0 Å². The minimum absolute atomic E-state index is 0.356. The number of hydrogen-bond acceptors (Lipinski definition) is 2. The van der Waals surface area contributed by atoms with Gasteiger partial charge in [0.2, 0.25) is 0 Å². The molecule has 0 radical (unpaired) electrons. The molecule has 0 saturated carbocycles. The van der Waals surface area contributed by atoms with Crippen LogP contribution in [0.25, 0.3) is 0 Å². The standard InChI is InChI=1S/C16H28O2S2/c1-7-17-15-9-14(12-20(5)6)16(18-8-2)10-13(15)11-19(3)4/h9-10H,7-8,11-12H2,1-6H3/q+2. The van der Waals surface area contributed by atoms with E-state index in [1.165, 1.54) is 11.1 Å². The molecule has 0 aromatic heterocycles. The smallest absolute Gasteiger partial charge is 0.136 e. The molecule has 1 aromatic carbocycles. The molecule has 0 saturated heterocycles. The molecule has 0 fully saturated rings. The first-order chi connectivity index (χ1) is 9.47. The number of hydrogen-bond donors (Lipinski definition) is 0. The molecule has 4 heteroatoms. The van der Waals surface area contributed by atoms with Crippen LogP contribution < -0.4 is 9.47 Å². The summed E-state index contributed by atoms with van der Waals surface area (Å²) in [6.07, 6.45) is 9.05. The zero-order chi connectivity index (χ0) is 15.1. The Kier molecular flexibility index (Phi) is 7.67. The second-order valence-electron chi connectivity index (χ2n) is 5.19. The van der Waals surface area contributed by atoms with E-state index in [0.29, 0.717) is 35.0 Å². The van der Waals surface area contributed by atoms with E-state index in [1.807, 2.05) is 13.8 Å². The lowest BCUT2D eigenvalue weighted by molar-refractivity contribution is 0.326. The molecule has 0 aliphatic rings. The van der Waals surface area contributed by atoms with Gasteiger partial charge in [0.25, 0.3) is 0 Å². The summed E-state index contributed by atoms with van der Waals surface area (Å²) in [6, 6.07) is 4.40. The monoisotopic (exact) mass is 316 g/mol. The maximum atomic E-state index is 5.85. The number of rotatable bonds is 8. The Balaban J connectivity index is 3.18. The van der Waals surface area contributed by atoms with Gasteiger partial charge in [-0.15, -0.1) is 0 Å². The zero-order valence-corrected chi connectivity index (χ0v) is 15.2. The van der Waals surface area contributed by atoms with Crippen LogP contribution in [0.2, 0.25) is 0 Å². The van der Waals surface area contributed by atoms with Crippen molar-refractivity contribution in [2.75, 3.05) is 38.2 Å². The highest BCUT2D eigenvalue weighted by Gasteiger charge is 2.19. The van der Waals surface area contributed by atoms with Crippen molar-refractivity contribution in [1.29, 1.82) is 0 Å². The molecule has 2 nitrogen and oxygen atoms in total. The highest BCUT2D eigenvalue weighted by atomic mass is 32.2. The lowest BCUT2D eigenvalue weighted by Crippen LogP contribution is -2.08. The molecule has 0 N–H and O–H groups in total. The quantitative estimate of drug-likeness (QED) is 0.686. The Bertz CT molecular complexity index is 377. The van der Waals surface area contributed by atoms with Gasteiger partial charge >= 0.3 is 0 Å². The summed E-state index contributed by atoms with van der Waals surface area (Å²) in [5.41, 5.74) is 2.55. The average molecular weight is 317 g/mol. The van der Waals surface area contributed by atoms with E-state index in [-0.39, 0.29) is 0 Å². The Morgan fingerprint density at radius 2 is 1.10 bits per heavy atom. The average Bonchev–Trinajstić information content (AvgIpc) is 2.33. The Morgan fingerprint density at radius 3 is 1.35 bits per heavy atom. The highest BCUT2D eigenvalue weighted by Crippen LogP contribution is 2.31. The largest absolute Gasteiger partial charge is 0.493 e. The van der Waals surface area contributed by atoms with E-state index >= 15 is 0 Å². The molecule has 1 aromatic rings. The maximum Gasteiger partial charge on any atom is 0.136 e. The second kappa shape index (κ2) is 8.73. The summed E-state index contributed by atoms with van der Waals surface area (Å²) in [5, 5.41) is 0. The van der Waals surface area contributed by atoms with E-state index in [2.05, 4.69) is 37.2 Å². The van der Waals surface area contributed by atoms with Crippen LogP contribution in [0.15, 0.2) is 12.1 Å². The SMILES string of the molecule is CCOc1cc(C[S+](C)C)c(OCC)cc1C[S+](C)C.